The summed E-state index contributed by atoms with van der Waals surface area (Å²) >= 11 is 5.89. The van der Waals surface area contributed by atoms with E-state index in [4.69, 9.17) is 11.6 Å². The number of aryl methyl sites for hydroxylation is 1. The normalized spacial score (nSPS) is 10.2. The van der Waals surface area contributed by atoms with Crippen molar-refractivity contribution in [1.29, 1.82) is 0 Å². The van der Waals surface area contributed by atoms with Gasteiger partial charge < -0.3 is 10.4 Å². The van der Waals surface area contributed by atoms with Crippen LogP contribution in [-0.2, 0) is 0 Å². The molecule has 0 heterocycles. The molecule has 0 saturated carbocycles. The van der Waals surface area contributed by atoms with E-state index < -0.39 is 10.8 Å². The number of anilines is 1. The monoisotopic (exact) mass is 306 g/mol. The van der Waals surface area contributed by atoms with Crippen LogP contribution in [0.2, 0.25) is 5.02 Å². The van der Waals surface area contributed by atoms with Crippen LogP contribution < -0.4 is 5.32 Å². The molecule has 21 heavy (non-hydrogen) atoms. The fraction of sp³-hybridized carbons (Fsp3) is 0.0714. The van der Waals surface area contributed by atoms with Crippen molar-refractivity contribution in [2.24, 2.45) is 0 Å². The van der Waals surface area contributed by atoms with Gasteiger partial charge >= 0.3 is 0 Å². The maximum absolute atomic E-state index is 12.2. The van der Waals surface area contributed by atoms with Crippen molar-refractivity contribution in [3.05, 3.63) is 62.7 Å². The Labute approximate surface area is 125 Å². The summed E-state index contributed by atoms with van der Waals surface area (Å²) in [4.78, 5) is 22.7. The number of nitro groups is 1. The van der Waals surface area contributed by atoms with Gasteiger partial charge in [0.1, 0.15) is 11.3 Å². The number of phenolic OH excluding ortho intramolecular Hbond substituents is 1. The topological polar surface area (TPSA) is 92.5 Å². The summed E-state index contributed by atoms with van der Waals surface area (Å²) in [6, 6.07) is 8.53. The molecule has 0 radical (unpaired) electrons. The third-order valence-electron chi connectivity index (χ3n) is 2.87. The first kappa shape index (κ1) is 14.8. The summed E-state index contributed by atoms with van der Waals surface area (Å²) in [5, 5.41) is 23.0. The molecule has 0 atom stereocenters. The quantitative estimate of drug-likeness (QED) is 0.515. The van der Waals surface area contributed by atoms with Gasteiger partial charge in [-0.25, -0.2) is 0 Å². The first-order valence-corrected chi connectivity index (χ1v) is 6.32. The summed E-state index contributed by atoms with van der Waals surface area (Å²) in [5.74, 6) is -0.683. The van der Waals surface area contributed by atoms with Crippen molar-refractivity contribution in [2.45, 2.75) is 6.92 Å². The molecule has 0 unspecified atom stereocenters. The van der Waals surface area contributed by atoms with E-state index >= 15 is 0 Å². The Bertz CT molecular complexity index is 731. The van der Waals surface area contributed by atoms with Gasteiger partial charge in [-0.15, -0.1) is 0 Å². The van der Waals surface area contributed by atoms with Crippen molar-refractivity contribution < 1.29 is 14.8 Å². The van der Waals surface area contributed by atoms with Crippen LogP contribution in [0.25, 0.3) is 0 Å². The van der Waals surface area contributed by atoms with E-state index in [2.05, 4.69) is 5.32 Å². The zero-order valence-corrected chi connectivity index (χ0v) is 11.7. The maximum atomic E-state index is 12.2. The van der Waals surface area contributed by atoms with Crippen LogP contribution in [-0.4, -0.2) is 15.9 Å². The second-order valence-electron chi connectivity index (χ2n) is 4.35. The first-order valence-electron chi connectivity index (χ1n) is 5.94. The molecule has 0 aliphatic carbocycles. The highest BCUT2D eigenvalue weighted by Crippen LogP contribution is 2.28. The average molecular weight is 307 g/mol. The Kier molecular flexibility index (Phi) is 4.09. The van der Waals surface area contributed by atoms with Crippen LogP contribution >= 0.6 is 11.6 Å². The van der Waals surface area contributed by atoms with Crippen LogP contribution in [0.5, 0.6) is 5.75 Å². The minimum absolute atomic E-state index is 0.0421. The number of benzene rings is 2. The minimum Gasteiger partial charge on any atom is -0.508 e. The lowest BCUT2D eigenvalue weighted by atomic mass is 10.1. The summed E-state index contributed by atoms with van der Waals surface area (Å²) in [6.45, 7) is 1.56. The first-order chi connectivity index (χ1) is 9.90. The predicted molar refractivity (Wildman–Crippen MR) is 78.9 cm³/mol. The van der Waals surface area contributed by atoms with E-state index in [-0.39, 0.29) is 27.7 Å². The van der Waals surface area contributed by atoms with Crippen LogP contribution in [0.15, 0.2) is 36.4 Å². The van der Waals surface area contributed by atoms with E-state index in [1.807, 2.05) is 0 Å². The van der Waals surface area contributed by atoms with Crippen LogP contribution in [0.4, 0.5) is 11.4 Å². The largest absolute Gasteiger partial charge is 0.508 e. The number of amides is 1. The van der Waals surface area contributed by atoms with Gasteiger partial charge in [-0.05, 0) is 25.1 Å². The number of hydrogen-bond donors (Lipinski definition) is 2. The van der Waals surface area contributed by atoms with Gasteiger partial charge in [-0.1, -0.05) is 23.7 Å². The molecule has 2 rings (SSSR count). The van der Waals surface area contributed by atoms with Gasteiger partial charge in [0, 0.05) is 11.6 Å². The SMILES string of the molecule is Cc1cccc(C(=O)Nc2ccc(O)cc2Cl)c1[N+](=O)[O-]. The Morgan fingerprint density at radius 3 is 2.67 bits per heavy atom. The molecule has 0 saturated heterocycles. The number of para-hydroxylation sites is 1. The maximum Gasteiger partial charge on any atom is 0.285 e. The van der Waals surface area contributed by atoms with Crippen LogP contribution in [0.1, 0.15) is 15.9 Å². The summed E-state index contributed by atoms with van der Waals surface area (Å²) in [6.07, 6.45) is 0. The highest BCUT2D eigenvalue weighted by atomic mass is 35.5. The Morgan fingerprint density at radius 1 is 1.33 bits per heavy atom. The average Bonchev–Trinajstić information content (AvgIpc) is 2.41. The smallest absolute Gasteiger partial charge is 0.285 e. The number of nitrogens with one attached hydrogen (secondary N) is 1. The van der Waals surface area contributed by atoms with Crippen LogP contribution in [0, 0.1) is 17.0 Å². The third kappa shape index (κ3) is 3.11. The number of halogens is 1. The molecule has 0 aliphatic heterocycles. The van der Waals surface area contributed by atoms with E-state index in [1.165, 1.54) is 24.3 Å². The molecule has 1 amide bonds. The standard InChI is InChI=1S/C14H11ClN2O4/c1-8-3-2-4-10(13(8)17(20)21)14(19)16-12-6-5-9(18)7-11(12)15/h2-7,18H,1H3,(H,16,19). The lowest BCUT2D eigenvalue weighted by molar-refractivity contribution is -0.385. The number of hydrogen-bond acceptors (Lipinski definition) is 4. The van der Waals surface area contributed by atoms with E-state index in [9.17, 15) is 20.0 Å². The number of carbonyl (C=O) groups excluding carboxylic acids is 1. The second-order valence-corrected chi connectivity index (χ2v) is 4.75. The van der Waals surface area contributed by atoms with E-state index in [1.54, 1.807) is 19.1 Å². The number of nitrogens with zero attached hydrogens (tertiary/aromatic N) is 1. The number of carbonyl (C=O) groups is 1. The number of phenols is 1. The fourth-order valence-corrected chi connectivity index (χ4v) is 2.10. The highest BCUT2D eigenvalue weighted by Gasteiger charge is 2.22. The molecule has 2 N–H and O–H groups in total. The Morgan fingerprint density at radius 2 is 2.05 bits per heavy atom. The van der Waals surface area contributed by atoms with Gasteiger partial charge in [0.25, 0.3) is 11.6 Å². The van der Waals surface area contributed by atoms with Crippen molar-refractivity contribution >= 4 is 28.9 Å². The van der Waals surface area contributed by atoms with E-state index in [0.29, 0.717) is 5.56 Å². The van der Waals surface area contributed by atoms with Crippen LogP contribution in [0.3, 0.4) is 0 Å². The van der Waals surface area contributed by atoms with Gasteiger partial charge in [-0.3, -0.25) is 14.9 Å². The Hall–Kier alpha value is -2.60. The van der Waals surface area contributed by atoms with Crippen molar-refractivity contribution in [3.8, 4) is 5.75 Å². The number of nitro benzene ring substituents is 1. The minimum atomic E-state index is -0.641. The lowest BCUT2D eigenvalue weighted by Crippen LogP contribution is -2.14. The Balaban J connectivity index is 2.37. The predicted octanol–water partition coefficient (Wildman–Crippen LogP) is 3.51. The van der Waals surface area contributed by atoms with Crippen molar-refractivity contribution in [3.63, 3.8) is 0 Å². The molecule has 0 aliphatic rings. The molecular formula is C14H11ClN2O4. The van der Waals surface area contributed by atoms with Gasteiger partial charge in [0.05, 0.1) is 15.6 Å². The summed E-state index contributed by atoms with van der Waals surface area (Å²) < 4.78 is 0. The second kappa shape index (κ2) is 5.80. The fourth-order valence-electron chi connectivity index (χ4n) is 1.88. The molecule has 7 heteroatoms. The molecule has 6 nitrogen and oxygen atoms in total. The zero-order valence-electron chi connectivity index (χ0n) is 11.0. The lowest BCUT2D eigenvalue weighted by Gasteiger charge is -2.08. The summed E-state index contributed by atoms with van der Waals surface area (Å²) in [7, 11) is 0. The molecule has 0 aromatic heterocycles. The molecule has 0 spiro atoms. The molecule has 108 valence electrons. The van der Waals surface area contributed by atoms with Gasteiger partial charge in [0.2, 0.25) is 0 Å². The van der Waals surface area contributed by atoms with Gasteiger partial charge in [0.15, 0.2) is 0 Å². The van der Waals surface area contributed by atoms with Crippen molar-refractivity contribution in [2.75, 3.05) is 5.32 Å². The molecular weight excluding hydrogens is 296 g/mol. The number of aromatic hydroxyl groups is 1. The van der Waals surface area contributed by atoms with Crippen molar-refractivity contribution in [1.82, 2.24) is 0 Å². The molecule has 2 aromatic rings. The number of rotatable bonds is 3. The zero-order chi connectivity index (χ0) is 15.6. The van der Waals surface area contributed by atoms with Gasteiger partial charge in [-0.2, -0.15) is 0 Å². The molecule has 0 bridgehead atoms. The summed E-state index contributed by atoms with van der Waals surface area (Å²) in [5.41, 5.74) is 0.355. The highest BCUT2D eigenvalue weighted by molar-refractivity contribution is 6.34. The third-order valence-corrected chi connectivity index (χ3v) is 3.18. The van der Waals surface area contributed by atoms with E-state index in [0.717, 1.165) is 0 Å². The molecule has 2 aromatic carbocycles. The molecule has 0 fully saturated rings.